The number of esters is 1. The number of aryl methyl sites for hydroxylation is 2. The lowest BCUT2D eigenvalue weighted by atomic mass is 10.1. The summed E-state index contributed by atoms with van der Waals surface area (Å²) in [5.41, 5.74) is 3.34. The van der Waals surface area contributed by atoms with Gasteiger partial charge in [0, 0.05) is 17.7 Å². The van der Waals surface area contributed by atoms with E-state index in [4.69, 9.17) is 9.47 Å². The molecule has 0 amide bonds. The molecule has 0 saturated carbocycles. The monoisotopic (exact) mass is 389 g/mol. The number of hydrogen-bond donors (Lipinski definition) is 1. The van der Waals surface area contributed by atoms with Crippen LogP contribution in [0.4, 0.5) is 5.69 Å². The van der Waals surface area contributed by atoms with Crippen molar-refractivity contribution >= 4 is 28.5 Å². The smallest absolute Gasteiger partial charge is 0.325 e. The highest BCUT2D eigenvalue weighted by molar-refractivity contribution is 5.89. The predicted octanol–water partition coefficient (Wildman–Crippen LogP) is 2.81. The molecule has 0 spiro atoms. The Bertz CT molecular complexity index is 870. The lowest BCUT2D eigenvalue weighted by Crippen LogP contribution is -2.35. The molecule has 2 heterocycles. The maximum Gasteiger partial charge on any atom is 0.325 e. The van der Waals surface area contributed by atoms with Crippen LogP contribution in [0, 0.1) is 13.8 Å². The topological polar surface area (TPSA) is 93.9 Å². The first-order chi connectivity index (χ1) is 13.4. The molecule has 2 aromatic rings. The Hall–Kier alpha value is -2.61. The van der Waals surface area contributed by atoms with Crippen molar-refractivity contribution in [1.29, 1.82) is 0 Å². The molecule has 1 aliphatic heterocycles. The molecule has 1 aliphatic rings. The van der Waals surface area contributed by atoms with Gasteiger partial charge in [-0.25, -0.2) is 4.68 Å². The Morgan fingerprint density at radius 2 is 2.11 bits per heavy atom. The Morgan fingerprint density at radius 1 is 1.32 bits per heavy atom. The normalized spacial score (nSPS) is 16.9. The van der Waals surface area contributed by atoms with Crippen LogP contribution in [-0.4, -0.2) is 53.1 Å². The zero-order valence-electron chi connectivity index (χ0n) is 16.6. The van der Waals surface area contributed by atoms with Crippen molar-refractivity contribution in [1.82, 2.24) is 9.78 Å². The first-order valence-corrected chi connectivity index (χ1v) is 9.64. The minimum atomic E-state index is -1.01. The molecular formula is C20H27N3O5. The van der Waals surface area contributed by atoms with E-state index in [1.807, 2.05) is 30.7 Å². The second-order valence-corrected chi connectivity index (χ2v) is 7.06. The third-order valence-electron chi connectivity index (χ3n) is 4.93. The molecule has 1 fully saturated rings. The van der Waals surface area contributed by atoms with Crippen molar-refractivity contribution in [2.75, 3.05) is 31.2 Å². The maximum absolute atomic E-state index is 12.0. The molecule has 1 saturated heterocycles. The lowest BCUT2D eigenvalue weighted by molar-refractivity contribution is -0.141. The second kappa shape index (κ2) is 8.60. The van der Waals surface area contributed by atoms with Crippen LogP contribution in [0.15, 0.2) is 12.1 Å². The van der Waals surface area contributed by atoms with Crippen LogP contribution in [0.25, 0.3) is 10.9 Å². The molecule has 152 valence electrons. The quantitative estimate of drug-likeness (QED) is 0.728. The van der Waals surface area contributed by atoms with E-state index in [9.17, 15) is 14.7 Å². The lowest BCUT2D eigenvalue weighted by Gasteiger charge is -2.26. The number of carboxylic acid groups (broad SMARTS) is 1. The number of carbonyl (C=O) groups excluding carboxylic acids is 1. The summed E-state index contributed by atoms with van der Waals surface area (Å²) in [5.74, 6) is -1.47. The number of rotatable bonds is 7. The summed E-state index contributed by atoms with van der Waals surface area (Å²) in [7, 11) is 0. The highest BCUT2D eigenvalue weighted by Gasteiger charge is 2.23. The van der Waals surface area contributed by atoms with Crippen LogP contribution in [0.1, 0.15) is 43.7 Å². The summed E-state index contributed by atoms with van der Waals surface area (Å²) < 4.78 is 12.8. The molecule has 3 rings (SSSR count). The predicted molar refractivity (Wildman–Crippen MR) is 105 cm³/mol. The fourth-order valence-corrected chi connectivity index (χ4v) is 3.66. The van der Waals surface area contributed by atoms with E-state index < -0.39 is 11.9 Å². The van der Waals surface area contributed by atoms with E-state index in [1.54, 1.807) is 6.92 Å². The number of benzene rings is 1. The summed E-state index contributed by atoms with van der Waals surface area (Å²) in [6.45, 7) is 6.12. The number of anilines is 1. The Morgan fingerprint density at radius 3 is 2.75 bits per heavy atom. The van der Waals surface area contributed by atoms with Gasteiger partial charge in [-0.1, -0.05) is 0 Å². The highest BCUT2D eigenvalue weighted by Crippen LogP contribution is 2.32. The summed E-state index contributed by atoms with van der Waals surface area (Å²) in [5, 5.41) is 15.0. The van der Waals surface area contributed by atoms with Gasteiger partial charge in [0.15, 0.2) is 6.23 Å². The molecule has 0 radical (unpaired) electrons. The molecule has 1 unspecified atom stereocenters. The molecule has 1 aromatic heterocycles. The largest absolute Gasteiger partial charge is 0.480 e. The standard InChI is InChI=1S/C20H27N3O5/c1-4-27-20(26)12-22(11-19(24)25)16-10-17-15(9-13(16)2)14(3)21-23(17)18-7-5-6-8-28-18/h9-10,18H,4-8,11-12H2,1-3H3,(H,24,25). The van der Waals surface area contributed by atoms with Gasteiger partial charge >= 0.3 is 11.9 Å². The Labute approximate surface area is 164 Å². The fourth-order valence-electron chi connectivity index (χ4n) is 3.66. The summed E-state index contributed by atoms with van der Waals surface area (Å²) in [4.78, 5) is 24.9. The third kappa shape index (κ3) is 4.27. The van der Waals surface area contributed by atoms with E-state index in [0.717, 1.165) is 41.4 Å². The molecule has 1 atom stereocenters. The van der Waals surface area contributed by atoms with Gasteiger partial charge in [-0.05, 0) is 57.7 Å². The number of aliphatic carboxylic acids is 1. The molecule has 0 aliphatic carbocycles. The van der Waals surface area contributed by atoms with Crippen molar-refractivity contribution in [3.8, 4) is 0 Å². The van der Waals surface area contributed by atoms with E-state index in [0.29, 0.717) is 12.3 Å². The van der Waals surface area contributed by atoms with Crippen LogP contribution < -0.4 is 4.90 Å². The van der Waals surface area contributed by atoms with Crippen LogP contribution in [0.5, 0.6) is 0 Å². The molecule has 8 heteroatoms. The Balaban J connectivity index is 2.03. The van der Waals surface area contributed by atoms with Crippen molar-refractivity contribution in [3.63, 3.8) is 0 Å². The number of aromatic nitrogens is 2. The summed E-state index contributed by atoms with van der Waals surface area (Å²) in [6, 6.07) is 3.90. The van der Waals surface area contributed by atoms with Crippen molar-refractivity contribution < 1.29 is 24.2 Å². The van der Waals surface area contributed by atoms with E-state index in [1.165, 1.54) is 4.90 Å². The zero-order valence-corrected chi connectivity index (χ0v) is 16.6. The van der Waals surface area contributed by atoms with Gasteiger partial charge in [0.1, 0.15) is 13.1 Å². The molecule has 28 heavy (non-hydrogen) atoms. The van der Waals surface area contributed by atoms with Gasteiger partial charge in [-0.3, -0.25) is 9.59 Å². The number of hydrogen-bond acceptors (Lipinski definition) is 6. The number of nitrogens with zero attached hydrogens (tertiary/aromatic N) is 3. The molecule has 8 nitrogen and oxygen atoms in total. The van der Waals surface area contributed by atoms with E-state index in [-0.39, 0.29) is 25.9 Å². The number of fused-ring (bicyclic) bond motifs is 1. The van der Waals surface area contributed by atoms with Crippen molar-refractivity contribution in [2.24, 2.45) is 0 Å². The third-order valence-corrected chi connectivity index (χ3v) is 4.93. The maximum atomic E-state index is 12.0. The van der Waals surface area contributed by atoms with Gasteiger partial charge in [-0.2, -0.15) is 5.10 Å². The average Bonchev–Trinajstić information content (AvgIpc) is 2.97. The van der Waals surface area contributed by atoms with Crippen molar-refractivity contribution in [3.05, 3.63) is 23.4 Å². The highest BCUT2D eigenvalue weighted by atomic mass is 16.5. The van der Waals surface area contributed by atoms with E-state index >= 15 is 0 Å². The molecule has 1 N–H and O–H groups in total. The number of carbonyl (C=O) groups is 2. The number of carboxylic acids is 1. The summed E-state index contributed by atoms with van der Waals surface area (Å²) in [6.07, 6.45) is 2.89. The van der Waals surface area contributed by atoms with E-state index in [2.05, 4.69) is 5.10 Å². The number of ether oxygens (including phenoxy) is 2. The second-order valence-electron chi connectivity index (χ2n) is 7.06. The SMILES string of the molecule is CCOC(=O)CN(CC(=O)O)c1cc2c(cc1C)c(C)nn2C1CCCCO1. The minimum absolute atomic E-state index is 0.125. The first-order valence-electron chi connectivity index (χ1n) is 9.64. The zero-order chi connectivity index (χ0) is 20.3. The molecule has 0 bridgehead atoms. The molecular weight excluding hydrogens is 362 g/mol. The fraction of sp³-hybridized carbons (Fsp3) is 0.550. The van der Waals surface area contributed by atoms with Gasteiger partial charge in [0.25, 0.3) is 0 Å². The van der Waals surface area contributed by atoms with Gasteiger partial charge in [0.05, 0.1) is 17.8 Å². The minimum Gasteiger partial charge on any atom is -0.480 e. The molecule has 1 aromatic carbocycles. The van der Waals surface area contributed by atoms with Crippen molar-refractivity contribution in [2.45, 2.75) is 46.3 Å². The van der Waals surface area contributed by atoms with Gasteiger partial charge in [0.2, 0.25) is 0 Å². The van der Waals surface area contributed by atoms with Crippen LogP contribution in [0.2, 0.25) is 0 Å². The average molecular weight is 389 g/mol. The van der Waals surface area contributed by atoms with Crippen LogP contribution in [0.3, 0.4) is 0 Å². The first kappa shape index (κ1) is 20.1. The summed E-state index contributed by atoms with van der Waals surface area (Å²) >= 11 is 0. The van der Waals surface area contributed by atoms with Crippen LogP contribution >= 0.6 is 0 Å². The van der Waals surface area contributed by atoms with Crippen LogP contribution in [-0.2, 0) is 19.1 Å². The van der Waals surface area contributed by atoms with Gasteiger partial charge in [-0.15, -0.1) is 0 Å². The van der Waals surface area contributed by atoms with Gasteiger partial charge < -0.3 is 19.5 Å². The Kier molecular flexibility index (Phi) is 6.18.